The molecule has 0 heterocycles. The smallest absolute Gasteiger partial charge is 0.211 e. The van der Waals surface area contributed by atoms with Gasteiger partial charge in [-0.25, -0.2) is 0 Å². The molecule has 74 valence electrons. The molecule has 0 saturated heterocycles. The molecule has 0 saturated carbocycles. The largest absolute Gasteiger partial charge is 0.507 e. The van der Waals surface area contributed by atoms with Gasteiger partial charge in [-0.1, -0.05) is 0 Å². The van der Waals surface area contributed by atoms with E-state index in [1.807, 2.05) is 0 Å². The van der Waals surface area contributed by atoms with Crippen LogP contribution in [0.1, 0.15) is 5.56 Å². The van der Waals surface area contributed by atoms with Crippen LogP contribution in [0.5, 0.6) is 5.75 Å². The summed E-state index contributed by atoms with van der Waals surface area (Å²) in [6, 6.07) is 4.60. The second kappa shape index (κ2) is 4.13. The Hall–Kier alpha value is -2.24. The lowest BCUT2D eigenvalue weighted by Gasteiger charge is -1.98. The van der Waals surface area contributed by atoms with Crippen molar-refractivity contribution in [3.63, 3.8) is 0 Å². The van der Waals surface area contributed by atoms with Crippen LogP contribution in [0.25, 0.3) is 0 Å². The van der Waals surface area contributed by atoms with E-state index in [4.69, 9.17) is 17.2 Å². The lowest BCUT2D eigenvalue weighted by Crippen LogP contribution is -2.21. The average molecular weight is 193 g/mol. The molecule has 0 unspecified atom stereocenters. The Kier molecular flexibility index (Phi) is 2.90. The Morgan fingerprint density at radius 1 is 1.36 bits per heavy atom. The van der Waals surface area contributed by atoms with Crippen molar-refractivity contribution in [1.29, 1.82) is 0 Å². The summed E-state index contributed by atoms with van der Waals surface area (Å²) in [5.74, 6) is -0.0848. The highest BCUT2D eigenvalue weighted by Gasteiger charge is 1.97. The number of hydrogen-bond donors (Lipinski definition) is 4. The molecule has 0 radical (unpaired) electrons. The highest BCUT2D eigenvalue weighted by molar-refractivity contribution is 5.85. The molecule has 14 heavy (non-hydrogen) atoms. The number of anilines is 1. The standard InChI is InChI=1S/C8H11N5O/c9-6-1-2-7(14)5(3-6)4-12-13-8(10)11/h1-4,14H,9H2,(H4,10,11,13)/b12-4+. The van der Waals surface area contributed by atoms with Crippen molar-refractivity contribution < 1.29 is 5.11 Å². The maximum absolute atomic E-state index is 9.34. The summed E-state index contributed by atoms with van der Waals surface area (Å²) < 4.78 is 0. The van der Waals surface area contributed by atoms with Gasteiger partial charge in [0.2, 0.25) is 5.96 Å². The number of guanidine groups is 1. The van der Waals surface area contributed by atoms with Gasteiger partial charge in [0.25, 0.3) is 0 Å². The fourth-order valence-electron chi connectivity index (χ4n) is 0.834. The van der Waals surface area contributed by atoms with E-state index in [0.717, 1.165) is 0 Å². The number of phenols is 1. The van der Waals surface area contributed by atoms with E-state index in [0.29, 0.717) is 11.3 Å². The maximum Gasteiger partial charge on any atom is 0.211 e. The molecule has 0 amide bonds. The first-order chi connectivity index (χ1) is 6.59. The number of aromatic hydroxyl groups is 1. The summed E-state index contributed by atoms with van der Waals surface area (Å²) in [6.07, 6.45) is 1.31. The summed E-state index contributed by atoms with van der Waals surface area (Å²) in [5.41, 5.74) is 16.6. The first-order valence-corrected chi connectivity index (χ1v) is 3.80. The molecule has 1 aromatic rings. The molecule has 0 aliphatic carbocycles. The van der Waals surface area contributed by atoms with Crippen LogP contribution in [0.2, 0.25) is 0 Å². The van der Waals surface area contributed by atoms with Gasteiger partial charge in [0.1, 0.15) is 5.75 Å². The Balaban J connectivity index is 2.91. The monoisotopic (exact) mass is 193 g/mol. The lowest BCUT2D eigenvalue weighted by molar-refractivity contribution is 0.474. The lowest BCUT2D eigenvalue weighted by atomic mass is 10.2. The molecule has 6 heteroatoms. The SMILES string of the molecule is NC(N)=N/N=C/c1cc(N)ccc1O. The van der Waals surface area contributed by atoms with Crippen LogP contribution in [0.15, 0.2) is 28.4 Å². The van der Waals surface area contributed by atoms with Crippen LogP contribution in [0.3, 0.4) is 0 Å². The summed E-state index contributed by atoms with van der Waals surface area (Å²) in [5, 5.41) is 16.3. The van der Waals surface area contributed by atoms with E-state index in [-0.39, 0.29) is 11.7 Å². The predicted octanol–water partition coefficient (Wildman–Crippen LogP) is -0.418. The second-order valence-corrected chi connectivity index (χ2v) is 2.59. The fourth-order valence-corrected chi connectivity index (χ4v) is 0.834. The van der Waals surface area contributed by atoms with Crippen LogP contribution in [-0.4, -0.2) is 17.3 Å². The number of nitrogens with two attached hydrogens (primary N) is 3. The molecule has 0 aliphatic rings. The van der Waals surface area contributed by atoms with Gasteiger partial charge in [0, 0.05) is 11.3 Å². The van der Waals surface area contributed by atoms with Gasteiger partial charge in [0.15, 0.2) is 0 Å². The molecular weight excluding hydrogens is 182 g/mol. The van der Waals surface area contributed by atoms with Crippen molar-refractivity contribution in [2.75, 3.05) is 5.73 Å². The van der Waals surface area contributed by atoms with Crippen molar-refractivity contribution >= 4 is 17.9 Å². The van der Waals surface area contributed by atoms with E-state index in [2.05, 4.69) is 10.2 Å². The predicted molar refractivity (Wildman–Crippen MR) is 55.9 cm³/mol. The van der Waals surface area contributed by atoms with Gasteiger partial charge in [-0.15, -0.1) is 5.10 Å². The van der Waals surface area contributed by atoms with Gasteiger partial charge < -0.3 is 22.3 Å². The minimum Gasteiger partial charge on any atom is -0.507 e. The molecule has 0 spiro atoms. The van der Waals surface area contributed by atoms with Crippen molar-refractivity contribution in [2.24, 2.45) is 21.7 Å². The minimum absolute atomic E-state index is 0.0637. The van der Waals surface area contributed by atoms with E-state index < -0.39 is 0 Å². The van der Waals surface area contributed by atoms with Gasteiger partial charge in [-0.2, -0.15) is 5.10 Å². The van der Waals surface area contributed by atoms with E-state index in [1.165, 1.54) is 12.3 Å². The molecule has 1 aromatic carbocycles. The first-order valence-electron chi connectivity index (χ1n) is 3.80. The Labute approximate surface area is 80.7 Å². The van der Waals surface area contributed by atoms with Gasteiger partial charge in [-0.3, -0.25) is 0 Å². The van der Waals surface area contributed by atoms with Crippen molar-refractivity contribution in [1.82, 2.24) is 0 Å². The molecule has 0 aromatic heterocycles. The second-order valence-electron chi connectivity index (χ2n) is 2.59. The highest BCUT2D eigenvalue weighted by Crippen LogP contribution is 2.17. The number of nitrogen functional groups attached to an aromatic ring is 1. The van der Waals surface area contributed by atoms with Crippen LogP contribution in [0, 0.1) is 0 Å². The maximum atomic E-state index is 9.34. The summed E-state index contributed by atoms with van der Waals surface area (Å²) in [7, 11) is 0. The highest BCUT2D eigenvalue weighted by atomic mass is 16.3. The summed E-state index contributed by atoms with van der Waals surface area (Å²) in [6.45, 7) is 0. The molecule has 7 N–H and O–H groups in total. The molecular formula is C8H11N5O. The number of hydrogen-bond acceptors (Lipinski definition) is 4. The molecule has 1 rings (SSSR count). The van der Waals surface area contributed by atoms with E-state index in [1.54, 1.807) is 12.1 Å². The summed E-state index contributed by atoms with van der Waals surface area (Å²) >= 11 is 0. The topological polar surface area (TPSA) is 123 Å². The van der Waals surface area contributed by atoms with E-state index in [9.17, 15) is 5.11 Å². The minimum atomic E-state index is -0.148. The Bertz CT molecular complexity index is 381. The number of rotatable bonds is 2. The Morgan fingerprint density at radius 2 is 2.07 bits per heavy atom. The normalized spacial score (nSPS) is 10.3. The molecule has 6 nitrogen and oxygen atoms in total. The summed E-state index contributed by atoms with van der Waals surface area (Å²) in [4.78, 5) is 0. The molecule has 0 atom stereocenters. The number of nitrogens with zero attached hydrogens (tertiary/aromatic N) is 2. The van der Waals surface area contributed by atoms with Crippen molar-refractivity contribution in [3.8, 4) is 5.75 Å². The van der Waals surface area contributed by atoms with Crippen LogP contribution >= 0.6 is 0 Å². The van der Waals surface area contributed by atoms with Gasteiger partial charge in [-0.05, 0) is 18.2 Å². The van der Waals surface area contributed by atoms with Gasteiger partial charge in [0.05, 0.1) is 6.21 Å². The molecule has 0 fully saturated rings. The van der Waals surface area contributed by atoms with Crippen molar-refractivity contribution in [2.45, 2.75) is 0 Å². The number of benzene rings is 1. The van der Waals surface area contributed by atoms with Crippen molar-refractivity contribution in [3.05, 3.63) is 23.8 Å². The molecule has 0 bridgehead atoms. The van der Waals surface area contributed by atoms with E-state index >= 15 is 0 Å². The van der Waals surface area contributed by atoms with Crippen LogP contribution < -0.4 is 17.2 Å². The van der Waals surface area contributed by atoms with Gasteiger partial charge >= 0.3 is 0 Å². The zero-order valence-electron chi connectivity index (χ0n) is 7.38. The number of phenolic OH excluding ortho intramolecular Hbond substituents is 1. The Morgan fingerprint density at radius 3 is 2.71 bits per heavy atom. The third-order valence-electron chi connectivity index (χ3n) is 1.42. The fraction of sp³-hybridized carbons (Fsp3) is 0. The molecule has 0 aliphatic heterocycles. The van der Waals surface area contributed by atoms with Crippen LogP contribution in [-0.2, 0) is 0 Å². The average Bonchev–Trinajstić information content (AvgIpc) is 2.10. The zero-order valence-corrected chi connectivity index (χ0v) is 7.38. The zero-order chi connectivity index (χ0) is 10.6. The first kappa shape index (κ1) is 9.85. The quantitative estimate of drug-likeness (QED) is 0.167. The van der Waals surface area contributed by atoms with Crippen LogP contribution in [0.4, 0.5) is 5.69 Å². The third-order valence-corrected chi connectivity index (χ3v) is 1.42. The third kappa shape index (κ3) is 2.67.